The summed E-state index contributed by atoms with van der Waals surface area (Å²) < 4.78 is 10.9. The molecule has 1 fully saturated rings. The molecule has 1 N–H and O–H groups in total. The number of carbonyl (C=O) groups excluding carboxylic acids is 1. The Bertz CT molecular complexity index is 390. The van der Waals surface area contributed by atoms with Crippen molar-refractivity contribution < 1.29 is 19.1 Å². The van der Waals surface area contributed by atoms with E-state index in [9.17, 15) is 4.79 Å². The van der Waals surface area contributed by atoms with Gasteiger partial charge in [-0.25, -0.2) is 0 Å². The minimum Gasteiger partial charge on any atom is -0.379 e. The molecule has 2 unspecified atom stereocenters. The molecule has 1 aromatic rings. The molecule has 5 nitrogen and oxygen atoms in total. The molecular weight excluding hydrogens is 246 g/mol. The zero-order valence-corrected chi connectivity index (χ0v) is 11.0. The largest absolute Gasteiger partial charge is 0.379 e. The van der Waals surface area contributed by atoms with Gasteiger partial charge in [0, 0.05) is 6.61 Å². The average molecular weight is 265 g/mol. The van der Waals surface area contributed by atoms with Crippen LogP contribution in [0.2, 0.25) is 0 Å². The minimum absolute atomic E-state index is 0.116. The van der Waals surface area contributed by atoms with Gasteiger partial charge in [0.2, 0.25) is 0 Å². The van der Waals surface area contributed by atoms with Crippen LogP contribution in [-0.4, -0.2) is 31.3 Å². The number of amides is 1. The Morgan fingerprint density at radius 1 is 1.47 bits per heavy atom. The number of nitrogens with one attached hydrogen (secondary N) is 1. The summed E-state index contributed by atoms with van der Waals surface area (Å²) in [5.41, 5.74) is 2.37. The lowest BCUT2D eigenvalue weighted by atomic mass is 10.2. The Kier molecular flexibility index (Phi) is 5.18. The summed E-state index contributed by atoms with van der Waals surface area (Å²) in [6, 6.07) is 9.07. The number of ether oxygens (including phenoxy) is 2. The molecule has 1 amide bonds. The van der Waals surface area contributed by atoms with Crippen molar-refractivity contribution in [3.63, 3.8) is 0 Å². The zero-order valence-electron chi connectivity index (χ0n) is 11.0. The fraction of sp³-hybridized carbons (Fsp3) is 0.500. The maximum absolute atomic E-state index is 11.7. The van der Waals surface area contributed by atoms with Crippen molar-refractivity contribution in [1.29, 1.82) is 0 Å². The molecule has 0 saturated carbocycles. The standard InChI is InChI=1S/C14H19NO4/c1-11(18-10-13-8-5-9-17-13)14(16)15-19-12-6-3-2-4-7-12/h2-4,6-7,11,13H,5,8-10H2,1H3,(H,15,16). The van der Waals surface area contributed by atoms with Crippen molar-refractivity contribution >= 4 is 5.91 Å². The summed E-state index contributed by atoms with van der Waals surface area (Å²) in [7, 11) is 0. The summed E-state index contributed by atoms with van der Waals surface area (Å²) in [5, 5.41) is 0. The second-order valence-electron chi connectivity index (χ2n) is 4.49. The van der Waals surface area contributed by atoms with Crippen molar-refractivity contribution in [3.05, 3.63) is 30.3 Å². The molecule has 1 saturated heterocycles. The van der Waals surface area contributed by atoms with Crippen molar-refractivity contribution in [1.82, 2.24) is 5.48 Å². The van der Waals surface area contributed by atoms with Crippen LogP contribution < -0.4 is 10.3 Å². The molecule has 1 aromatic carbocycles. The van der Waals surface area contributed by atoms with Gasteiger partial charge >= 0.3 is 0 Å². The first-order valence-electron chi connectivity index (χ1n) is 6.50. The molecule has 0 aliphatic carbocycles. The van der Waals surface area contributed by atoms with Crippen molar-refractivity contribution in [3.8, 4) is 5.75 Å². The summed E-state index contributed by atoms with van der Waals surface area (Å²) in [5.74, 6) is 0.282. The van der Waals surface area contributed by atoms with Crippen LogP contribution in [-0.2, 0) is 14.3 Å². The number of para-hydroxylation sites is 1. The number of rotatable bonds is 6. The Labute approximate surface area is 112 Å². The highest BCUT2D eigenvalue weighted by Crippen LogP contribution is 2.13. The molecule has 1 aliphatic rings. The van der Waals surface area contributed by atoms with Gasteiger partial charge in [-0.1, -0.05) is 18.2 Å². The Morgan fingerprint density at radius 2 is 2.26 bits per heavy atom. The van der Waals surface area contributed by atoms with Crippen LogP contribution in [0.1, 0.15) is 19.8 Å². The van der Waals surface area contributed by atoms with E-state index in [2.05, 4.69) is 5.48 Å². The van der Waals surface area contributed by atoms with Crippen LogP contribution in [0.15, 0.2) is 30.3 Å². The highest BCUT2D eigenvalue weighted by molar-refractivity contribution is 5.79. The van der Waals surface area contributed by atoms with Crippen LogP contribution >= 0.6 is 0 Å². The van der Waals surface area contributed by atoms with Crippen molar-refractivity contribution in [2.24, 2.45) is 0 Å². The SMILES string of the molecule is CC(OCC1CCCO1)C(=O)NOc1ccccc1. The van der Waals surface area contributed by atoms with Crippen molar-refractivity contribution in [2.75, 3.05) is 13.2 Å². The van der Waals surface area contributed by atoms with Gasteiger partial charge in [0.1, 0.15) is 6.10 Å². The second-order valence-corrected chi connectivity index (χ2v) is 4.49. The van der Waals surface area contributed by atoms with Gasteiger partial charge in [-0.3, -0.25) is 4.79 Å². The fourth-order valence-corrected chi connectivity index (χ4v) is 1.78. The average Bonchev–Trinajstić information content (AvgIpc) is 2.96. The first-order chi connectivity index (χ1) is 9.25. The fourth-order valence-electron chi connectivity index (χ4n) is 1.78. The summed E-state index contributed by atoms with van der Waals surface area (Å²) in [6.07, 6.45) is 1.61. The van der Waals surface area contributed by atoms with E-state index in [0.717, 1.165) is 19.4 Å². The number of hydroxylamine groups is 1. The number of benzene rings is 1. The van der Waals surface area contributed by atoms with Gasteiger partial charge in [0.15, 0.2) is 5.75 Å². The lowest BCUT2D eigenvalue weighted by molar-refractivity contribution is -0.140. The van der Waals surface area contributed by atoms with E-state index in [0.29, 0.717) is 12.4 Å². The van der Waals surface area contributed by atoms with E-state index in [1.54, 1.807) is 19.1 Å². The summed E-state index contributed by atoms with van der Waals surface area (Å²) >= 11 is 0. The summed E-state index contributed by atoms with van der Waals surface area (Å²) in [4.78, 5) is 16.9. The molecule has 0 radical (unpaired) electrons. The van der Waals surface area contributed by atoms with E-state index in [-0.39, 0.29) is 12.0 Å². The third-order valence-corrected chi connectivity index (χ3v) is 2.94. The van der Waals surface area contributed by atoms with E-state index < -0.39 is 6.10 Å². The summed E-state index contributed by atoms with van der Waals surface area (Å²) in [6.45, 7) is 2.92. The maximum atomic E-state index is 11.7. The molecule has 5 heteroatoms. The Hall–Kier alpha value is -1.59. The highest BCUT2D eigenvalue weighted by Gasteiger charge is 2.20. The normalized spacial score (nSPS) is 19.9. The van der Waals surface area contributed by atoms with Gasteiger partial charge in [0.05, 0.1) is 12.7 Å². The molecule has 19 heavy (non-hydrogen) atoms. The highest BCUT2D eigenvalue weighted by atomic mass is 16.7. The van der Waals surface area contributed by atoms with Crippen LogP contribution in [0.5, 0.6) is 5.75 Å². The van der Waals surface area contributed by atoms with Crippen LogP contribution in [0.3, 0.4) is 0 Å². The van der Waals surface area contributed by atoms with Crippen LogP contribution in [0.25, 0.3) is 0 Å². The quantitative estimate of drug-likeness (QED) is 0.795. The predicted molar refractivity (Wildman–Crippen MR) is 69.6 cm³/mol. The Balaban J connectivity index is 1.67. The van der Waals surface area contributed by atoms with E-state index >= 15 is 0 Å². The van der Waals surface area contributed by atoms with E-state index in [4.69, 9.17) is 14.3 Å². The van der Waals surface area contributed by atoms with Crippen LogP contribution in [0, 0.1) is 0 Å². The van der Waals surface area contributed by atoms with Gasteiger partial charge in [0.25, 0.3) is 5.91 Å². The third kappa shape index (κ3) is 4.54. The first kappa shape index (κ1) is 13.8. The smallest absolute Gasteiger partial charge is 0.281 e. The molecule has 104 valence electrons. The van der Waals surface area contributed by atoms with Crippen molar-refractivity contribution in [2.45, 2.75) is 32.0 Å². The topological polar surface area (TPSA) is 56.8 Å². The molecule has 1 aliphatic heterocycles. The minimum atomic E-state index is -0.562. The number of carbonyl (C=O) groups is 1. The number of hydrogen-bond donors (Lipinski definition) is 1. The molecule has 2 atom stereocenters. The predicted octanol–water partition coefficient (Wildman–Crippen LogP) is 1.68. The monoisotopic (exact) mass is 265 g/mol. The van der Waals surface area contributed by atoms with E-state index in [1.807, 2.05) is 18.2 Å². The third-order valence-electron chi connectivity index (χ3n) is 2.94. The van der Waals surface area contributed by atoms with Gasteiger partial charge in [-0.05, 0) is 31.9 Å². The molecule has 2 rings (SSSR count). The van der Waals surface area contributed by atoms with Gasteiger partial charge in [-0.15, -0.1) is 0 Å². The van der Waals surface area contributed by atoms with Gasteiger partial charge in [-0.2, -0.15) is 5.48 Å². The van der Waals surface area contributed by atoms with Gasteiger partial charge < -0.3 is 14.3 Å². The molecule has 1 heterocycles. The lowest BCUT2D eigenvalue weighted by Gasteiger charge is -2.16. The molecular formula is C14H19NO4. The molecule has 0 bridgehead atoms. The van der Waals surface area contributed by atoms with Crippen LogP contribution in [0.4, 0.5) is 0 Å². The second kappa shape index (κ2) is 7.11. The molecule has 0 spiro atoms. The number of hydrogen-bond acceptors (Lipinski definition) is 4. The van der Waals surface area contributed by atoms with E-state index in [1.165, 1.54) is 0 Å². The maximum Gasteiger partial charge on any atom is 0.281 e. The molecule has 0 aromatic heterocycles. The Morgan fingerprint density at radius 3 is 2.95 bits per heavy atom. The zero-order chi connectivity index (χ0) is 13.5. The first-order valence-corrected chi connectivity index (χ1v) is 6.50. The lowest BCUT2D eigenvalue weighted by Crippen LogP contribution is -2.37.